The molecule has 0 aliphatic heterocycles. The predicted molar refractivity (Wildman–Crippen MR) is 75.3 cm³/mol. The minimum Gasteiger partial charge on any atom is -0.506 e. The lowest BCUT2D eigenvalue weighted by atomic mass is 10.1. The Kier molecular flexibility index (Phi) is 4.14. The molecule has 0 saturated heterocycles. The lowest BCUT2D eigenvalue weighted by Gasteiger charge is -2.02. The molecule has 0 spiro atoms. The Morgan fingerprint density at radius 2 is 2.20 bits per heavy atom. The predicted octanol–water partition coefficient (Wildman–Crippen LogP) is 1.05. The first-order valence-electron chi connectivity index (χ1n) is 6.08. The van der Waals surface area contributed by atoms with Crippen LogP contribution < -0.4 is 10.9 Å². The summed E-state index contributed by atoms with van der Waals surface area (Å²) in [6, 6.07) is 6.71. The van der Waals surface area contributed by atoms with Gasteiger partial charge < -0.3 is 14.8 Å². The van der Waals surface area contributed by atoms with Crippen LogP contribution in [0.15, 0.2) is 38.5 Å². The summed E-state index contributed by atoms with van der Waals surface area (Å²) in [6.07, 6.45) is 1.26. The van der Waals surface area contributed by atoms with Crippen molar-refractivity contribution in [1.82, 2.24) is 5.32 Å². The van der Waals surface area contributed by atoms with Gasteiger partial charge in [-0.25, -0.2) is 4.79 Å². The summed E-state index contributed by atoms with van der Waals surface area (Å²) in [5.74, 6) is -0.298. The molecular formula is C14H14N2O4. The normalized spacial score (nSPS) is 11.1. The molecule has 0 radical (unpaired) electrons. The zero-order valence-corrected chi connectivity index (χ0v) is 10.9. The fraction of sp³-hybridized carbons (Fsp3) is 0.214. The van der Waals surface area contributed by atoms with Crippen LogP contribution in [0.4, 0.5) is 0 Å². The van der Waals surface area contributed by atoms with Crippen LogP contribution in [0.3, 0.4) is 0 Å². The van der Waals surface area contributed by atoms with E-state index in [1.807, 2.05) is 0 Å². The summed E-state index contributed by atoms with van der Waals surface area (Å²) >= 11 is 0. The monoisotopic (exact) mass is 274 g/mol. The van der Waals surface area contributed by atoms with E-state index in [1.54, 1.807) is 24.3 Å². The van der Waals surface area contributed by atoms with E-state index < -0.39 is 5.63 Å². The molecule has 1 amide bonds. The van der Waals surface area contributed by atoms with E-state index in [2.05, 4.69) is 10.3 Å². The number of aliphatic imine (C=N–C) groups is 1. The van der Waals surface area contributed by atoms with Gasteiger partial charge in [0.25, 0.3) is 0 Å². The highest BCUT2D eigenvalue weighted by Crippen LogP contribution is 2.24. The highest BCUT2D eigenvalue weighted by Gasteiger charge is 2.11. The van der Waals surface area contributed by atoms with E-state index in [1.165, 1.54) is 13.1 Å². The van der Waals surface area contributed by atoms with E-state index in [0.717, 1.165) is 0 Å². The van der Waals surface area contributed by atoms with Crippen molar-refractivity contribution in [1.29, 1.82) is 0 Å². The number of para-hydroxylation sites is 1. The van der Waals surface area contributed by atoms with Gasteiger partial charge in [-0.05, 0) is 12.1 Å². The first-order valence-corrected chi connectivity index (χ1v) is 6.08. The highest BCUT2D eigenvalue weighted by molar-refractivity contribution is 5.93. The molecular weight excluding hydrogens is 260 g/mol. The molecule has 0 saturated carbocycles. The van der Waals surface area contributed by atoms with Crippen LogP contribution in [0.25, 0.3) is 11.0 Å². The molecule has 0 aliphatic rings. The topological polar surface area (TPSA) is 91.9 Å². The molecule has 0 fully saturated rings. The molecule has 1 heterocycles. The smallest absolute Gasteiger partial charge is 0.348 e. The number of carbonyl (C=O) groups excluding carboxylic acids is 1. The third-order valence-electron chi connectivity index (χ3n) is 2.66. The SMILES string of the molecule is CC(=O)NCCN=Cc1c(O)c2ccccc2oc1=O. The van der Waals surface area contributed by atoms with Gasteiger partial charge in [-0.15, -0.1) is 0 Å². The molecule has 0 unspecified atom stereocenters. The molecule has 20 heavy (non-hydrogen) atoms. The maximum absolute atomic E-state index is 11.7. The van der Waals surface area contributed by atoms with Crippen molar-refractivity contribution in [2.45, 2.75) is 6.92 Å². The minimum atomic E-state index is -0.649. The van der Waals surface area contributed by atoms with Crippen molar-refractivity contribution in [2.75, 3.05) is 13.1 Å². The second-order valence-electron chi connectivity index (χ2n) is 4.17. The maximum Gasteiger partial charge on any atom is 0.348 e. The fourth-order valence-corrected chi connectivity index (χ4v) is 1.71. The van der Waals surface area contributed by atoms with Crippen LogP contribution >= 0.6 is 0 Å². The van der Waals surface area contributed by atoms with Crippen LogP contribution in [0.5, 0.6) is 5.75 Å². The summed E-state index contributed by atoms with van der Waals surface area (Å²) in [5, 5.41) is 13.1. The van der Waals surface area contributed by atoms with E-state index in [4.69, 9.17) is 4.42 Å². The molecule has 2 rings (SSSR count). The van der Waals surface area contributed by atoms with Crippen molar-refractivity contribution in [3.05, 3.63) is 40.2 Å². The van der Waals surface area contributed by atoms with Crippen LogP contribution in [0, 0.1) is 0 Å². The molecule has 1 aromatic heterocycles. The summed E-state index contributed by atoms with van der Waals surface area (Å²) in [7, 11) is 0. The Morgan fingerprint density at radius 3 is 2.95 bits per heavy atom. The second-order valence-corrected chi connectivity index (χ2v) is 4.17. The minimum absolute atomic E-state index is 0.00604. The van der Waals surface area contributed by atoms with E-state index in [0.29, 0.717) is 24.1 Å². The quantitative estimate of drug-likeness (QED) is 0.495. The fourth-order valence-electron chi connectivity index (χ4n) is 1.71. The van der Waals surface area contributed by atoms with Crippen molar-refractivity contribution >= 4 is 23.1 Å². The van der Waals surface area contributed by atoms with E-state index >= 15 is 0 Å². The zero-order valence-electron chi connectivity index (χ0n) is 10.9. The van der Waals surface area contributed by atoms with Crippen molar-refractivity contribution < 1.29 is 14.3 Å². The van der Waals surface area contributed by atoms with Crippen LogP contribution in [0.2, 0.25) is 0 Å². The number of aromatic hydroxyl groups is 1. The standard InChI is InChI=1S/C14H14N2O4/c1-9(17)16-7-6-15-8-11-13(18)10-4-2-3-5-12(10)20-14(11)19/h2-5,8,18H,6-7H2,1H3,(H,16,17). The molecule has 2 N–H and O–H groups in total. The van der Waals surface area contributed by atoms with Crippen LogP contribution in [0.1, 0.15) is 12.5 Å². The number of fused-ring (bicyclic) bond motifs is 1. The number of amides is 1. The summed E-state index contributed by atoms with van der Waals surface area (Å²) in [4.78, 5) is 26.4. The van der Waals surface area contributed by atoms with Gasteiger partial charge >= 0.3 is 5.63 Å². The molecule has 1 aromatic carbocycles. The average molecular weight is 274 g/mol. The van der Waals surface area contributed by atoms with Crippen molar-refractivity contribution in [3.8, 4) is 5.75 Å². The summed E-state index contributed by atoms with van der Waals surface area (Å²) in [5.41, 5.74) is -0.318. The Bertz CT molecular complexity index is 719. The van der Waals surface area contributed by atoms with Gasteiger partial charge in [0.05, 0.1) is 11.9 Å². The Hall–Kier alpha value is -2.63. The maximum atomic E-state index is 11.7. The number of hydrogen-bond donors (Lipinski definition) is 2. The van der Waals surface area contributed by atoms with E-state index in [-0.39, 0.29) is 17.2 Å². The second kappa shape index (κ2) is 6.01. The number of nitrogens with one attached hydrogen (secondary N) is 1. The van der Waals surface area contributed by atoms with Gasteiger partial charge in [0.1, 0.15) is 16.9 Å². The Morgan fingerprint density at radius 1 is 1.45 bits per heavy atom. The van der Waals surface area contributed by atoms with Gasteiger partial charge in [-0.1, -0.05) is 12.1 Å². The van der Waals surface area contributed by atoms with Crippen molar-refractivity contribution in [3.63, 3.8) is 0 Å². The van der Waals surface area contributed by atoms with Crippen LogP contribution in [-0.2, 0) is 4.79 Å². The summed E-state index contributed by atoms with van der Waals surface area (Å²) in [6.45, 7) is 2.09. The van der Waals surface area contributed by atoms with Crippen LogP contribution in [-0.4, -0.2) is 30.3 Å². The molecule has 0 aliphatic carbocycles. The van der Waals surface area contributed by atoms with Crippen molar-refractivity contribution in [2.24, 2.45) is 4.99 Å². The van der Waals surface area contributed by atoms with Gasteiger partial charge in [-0.2, -0.15) is 0 Å². The third-order valence-corrected chi connectivity index (χ3v) is 2.66. The molecule has 0 atom stereocenters. The number of rotatable bonds is 4. The number of benzene rings is 1. The number of hydrogen-bond acceptors (Lipinski definition) is 5. The molecule has 6 heteroatoms. The largest absolute Gasteiger partial charge is 0.506 e. The lowest BCUT2D eigenvalue weighted by molar-refractivity contribution is -0.118. The Balaban J connectivity index is 2.24. The first-order chi connectivity index (χ1) is 9.59. The summed E-state index contributed by atoms with van der Waals surface area (Å²) < 4.78 is 5.09. The number of carbonyl (C=O) groups is 1. The first kappa shape index (κ1) is 13.8. The van der Waals surface area contributed by atoms with Gasteiger partial charge in [0, 0.05) is 19.7 Å². The highest BCUT2D eigenvalue weighted by atomic mass is 16.4. The third kappa shape index (κ3) is 3.03. The average Bonchev–Trinajstić information content (AvgIpc) is 2.41. The molecule has 0 bridgehead atoms. The zero-order chi connectivity index (χ0) is 14.5. The molecule has 2 aromatic rings. The van der Waals surface area contributed by atoms with Gasteiger partial charge in [0.15, 0.2) is 0 Å². The van der Waals surface area contributed by atoms with Gasteiger partial charge in [0.2, 0.25) is 5.91 Å². The molecule has 6 nitrogen and oxygen atoms in total. The Labute approximate surface area is 114 Å². The van der Waals surface area contributed by atoms with Gasteiger partial charge in [-0.3, -0.25) is 9.79 Å². The molecule has 104 valence electrons. The van der Waals surface area contributed by atoms with E-state index in [9.17, 15) is 14.7 Å². The number of nitrogens with zero attached hydrogens (tertiary/aromatic N) is 1. The lowest BCUT2D eigenvalue weighted by Crippen LogP contribution is -2.22.